The largest absolute Gasteiger partial charge is 0.496 e. The van der Waals surface area contributed by atoms with E-state index in [-0.39, 0.29) is 0 Å². The molecule has 0 unspecified atom stereocenters. The van der Waals surface area contributed by atoms with E-state index < -0.39 is 18.5 Å². The van der Waals surface area contributed by atoms with Crippen LogP contribution in [0, 0.1) is 0 Å². The lowest BCUT2D eigenvalue weighted by molar-refractivity contribution is -0.142. The van der Waals surface area contributed by atoms with E-state index in [4.69, 9.17) is 18.9 Å². The van der Waals surface area contributed by atoms with E-state index in [2.05, 4.69) is 5.32 Å². The highest BCUT2D eigenvalue weighted by Crippen LogP contribution is 2.32. The van der Waals surface area contributed by atoms with E-state index in [1.807, 2.05) is 12.1 Å². The van der Waals surface area contributed by atoms with Crippen LogP contribution in [0.15, 0.2) is 48.5 Å². The summed E-state index contributed by atoms with van der Waals surface area (Å²) in [6.07, 6.45) is 3.62. The summed E-state index contributed by atoms with van der Waals surface area (Å²) in [6, 6.07) is 12.4. The number of ether oxygens (including phenoxy) is 4. The van der Waals surface area contributed by atoms with Crippen molar-refractivity contribution in [3.63, 3.8) is 0 Å². The second kappa shape index (κ2) is 9.45. The van der Waals surface area contributed by atoms with Crippen LogP contribution in [0.3, 0.4) is 0 Å². The fourth-order valence-corrected chi connectivity index (χ4v) is 2.58. The Morgan fingerprint density at radius 3 is 2.71 bits per heavy atom. The Morgan fingerprint density at radius 1 is 1.11 bits per heavy atom. The monoisotopic (exact) mass is 383 g/mol. The van der Waals surface area contributed by atoms with Crippen LogP contribution >= 0.6 is 0 Å². The molecule has 0 spiro atoms. The van der Waals surface area contributed by atoms with Crippen molar-refractivity contribution in [2.24, 2.45) is 0 Å². The van der Waals surface area contributed by atoms with Gasteiger partial charge in [0.05, 0.1) is 20.3 Å². The van der Waals surface area contributed by atoms with Gasteiger partial charge in [-0.15, -0.1) is 0 Å². The summed E-state index contributed by atoms with van der Waals surface area (Å²) in [6.45, 7) is 0.751. The van der Waals surface area contributed by atoms with Crippen LogP contribution in [0.4, 0.5) is 5.69 Å². The lowest BCUT2D eigenvalue weighted by Gasteiger charge is -2.10. The summed E-state index contributed by atoms with van der Waals surface area (Å²) in [5.41, 5.74) is 1.27. The first kappa shape index (κ1) is 19.3. The van der Waals surface area contributed by atoms with Crippen molar-refractivity contribution in [3.05, 3.63) is 54.1 Å². The highest BCUT2D eigenvalue weighted by molar-refractivity contribution is 5.95. The van der Waals surface area contributed by atoms with Crippen molar-refractivity contribution in [3.8, 4) is 17.2 Å². The highest BCUT2D eigenvalue weighted by Gasteiger charge is 2.12. The van der Waals surface area contributed by atoms with Gasteiger partial charge in [0.25, 0.3) is 5.91 Å². The molecular formula is C21H21NO6. The van der Waals surface area contributed by atoms with Crippen molar-refractivity contribution >= 4 is 23.6 Å². The molecular weight excluding hydrogens is 362 g/mol. The molecule has 0 aromatic heterocycles. The van der Waals surface area contributed by atoms with Crippen molar-refractivity contribution in [1.29, 1.82) is 0 Å². The molecule has 1 aliphatic rings. The predicted molar refractivity (Wildman–Crippen MR) is 104 cm³/mol. The zero-order chi connectivity index (χ0) is 19.8. The van der Waals surface area contributed by atoms with Crippen LogP contribution in [0.2, 0.25) is 0 Å². The number of carbonyl (C=O) groups is 2. The van der Waals surface area contributed by atoms with Crippen LogP contribution in [0.1, 0.15) is 12.0 Å². The SMILES string of the molecule is COc1ccccc1/C=C/C(=O)OCC(=O)Nc1ccc2c(c1)OCCCO2. The third kappa shape index (κ3) is 5.26. The number of benzene rings is 2. The molecule has 0 saturated heterocycles. The Balaban J connectivity index is 1.51. The molecule has 2 aromatic rings. The number of amides is 1. The van der Waals surface area contributed by atoms with Gasteiger partial charge in [-0.05, 0) is 24.3 Å². The quantitative estimate of drug-likeness (QED) is 0.610. The Kier molecular flexibility index (Phi) is 6.51. The van der Waals surface area contributed by atoms with Crippen molar-refractivity contribution in [1.82, 2.24) is 0 Å². The topological polar surface area (TPSA) is 83.1 Å². The van der Waals surface area contributed by atoms with Gasteiger partial charge >= 0.3 is 5.97 Å². The van der Waals surface area contributed by atoms with E-state index in [1.165, 1.54) is 6.08 Å². The van der Waals surface area contributed by atoms with Gasteiger partial charge in [-0.3, -0.25) is 4.79 Å². The fraction of sp³-hybridized carbons (Fsp3) is 0.238. The third-order valence-corrected chi connectivity index (χ3v) is 3.91. The van der Waals surface area contributed by atoms with Crippen LogP contribution in [-0.4, -0.2) is 38.8 Å². The Hall–Kier alpha value is -3.48. The summed E-state index contributed by atoms with van der Waals surface area (Å²) >= 11 is 0. The minimum absolute atomic E-state index is 0.399. The molecule has 7 heteroatoms. The third-order valence-electron chi connectivity index (χ3n) is 3.91. The molecule has 0 bridgehead atoms. The number of esters is 1. The Morgan fingerprint density at radius 2 is 1.89 bits per heavy atom. The van der Waals surface area contributed by atoms with E-state index in [9.17, 15) is 9.59 Å². The summed E-state index contributed by atoms with van der Waals surface area (Å²) in [5.74, 6) is 0.780. The normalized spacial score (nSPS) is 12.9. The second-order valence-corrected chi connectivity index (χ2v) is 5.94. The Labute approximate surface area is 162 Å². The van der Waals surface area contributed by atoms with Crippen molar-refractivity contribution < 1.29 is 28.5 Å². The van der Waals surface area contributed by atoms with E-state index in [0.717, 1.165) is 12.0 Å². The summed E-state index contributed by atoms with van der Waals surface area (Å²) in [5, 5.41) is 2.66. The minimum atomic E-state index is -0.625. The van der Waals surface area contributed by atoms with Crippen LogP contribution in [-0.2, 0) is 14.3 Å². The van der Waals surface area contributed by atoms with Gasteiger partial charge in [-0.1, -0.05) is 18.2 Å². The van der Waals surface area contributed by atoms with Gasteiger partial charge in [0.2, 0.25) is 0 Å². The van der Waals surface area contributed by atoms with Crippen LogP contribution < -0.4 is 19.5 Å². The van der Waals surface area contributed by atoms with E-state index in [1.54, 1.807) is 43.5 Å². The number of fused-ring (bicyclic) bond motifs is 1. The zero-order valence-corrected chi connectivity index (χ0v) is 15.5. The zero-order valence-electron chi connectivity index (χ0n) is 15.5. The fourth-order valence-electron chi connectivity index (χ4n) is 2.58. The number of hydrogen-bond acceptors (Lipinski definition) is 6. The molecule has 0 aliphatic carbocycles. The van der Waals surface area contributed by atoms with Gasteiger partial charge in [0.1, 0.15) is 5.75 Å². The number of hydrogen-bond donors (Lipinski definition) is 1. The molecule has 146 valence electrons. The maximum Gasteiger partial charge on any atom is 0.331 e. The number of methoxy groups -OCH3 is 1. The molecule has 1 heterocycles. The van der Waals surface area contributed by atoms with Gasteiger partial charge in [0, 0.05) is 29.8 Å². The minimum Gasteiger partial charge on any atom is -0.496 e. The summed E-state index contributed by atoms with van der Waals surface area (Å²) in [4.78, 5) is 23.9. The molecule has 0 radical (unpaired) electrons. The summed E-state index contributed by atoms with van der Waals surface area (Å²) < 4.78 is 21.3. The number of nitrogens with one attached hydrogen (secondary N) is 1. The first-order valence-corrected chi connectivity index (χ1v) is 8.83. The molecule has 0 atom stereocenters. The van der Waals surface area contributed by atoms with Crippen LogP contribution in [0.25, 0.3) is 6.08 Å². The molecule has 7 nitrogen and oxygen atoms in total. The summed E-state index contributed by atoms with van der Waals surface area (Å²) in [7, 11) is 1.55. The average molecular weight is 383 g/mol. The van der Waals surface area contributed by atoms with E-state index in [0.29, 0.717) is 36.1 Å². The maximum absolute atomic E-state index is 12.0. The van der Waals surface area contributed by atoms with E-state index >= 15 is 0 Å². The second-order valence-electron chi connectivity index (χ2n) is 5.94. The number of carbonyl (C=O) groups excluding carboxylic acids is 2. The lowest BCUT2D eigenvalue weighted by Crippen LogP contribution is -2.20. The van der Waals surface area contributed by atoms with Crippen molar-refractivity contribution in [2.45, 2.75) is 6.42 Å². The number of para-hydroxylation sites is 1. The van der Waals surface area contributed by atoms with Crippen molar-refractivity contribution in [2.75, 3.05) is 32.2 Å². The average Bonchev–Trinajstić information content (AvgIpc) is 2.96. The molecule has 1 aliphatic heterocycles. The van der Waals surface area contributed by atoms with Crippen LogP contribution in [0.5, 0.6) is 17.2 Å². The molecule has 1 amide bonds. The first-order valence-electron chi connectivity index (χ1n) is 8.83. The number of rotatable bonds is 6. The van der Waals surface area contributed by atoms with Gasteiger partial charge in [0.15, 0.2) is 18.1 Å². The molecule has 3 rings (SSSR count). The molecule has 28 heavy (non-hydrogen) atoms. The molecule has 0 saturated carbocycles. The number of anilines is 1. The van der Waals surface area contributed by atoms with Gasteiger partial charge in [-0.25, -0.2) is 4.79 Å². The predicted octanol–water partition coefficient (Wildman–Crippen LogP) is 3.05. The maximum atomic E-state index is 12.0. The molecule has 1 N–H and O–H groups in total. The Bertz CT molecular complexity index is 877. The van der Waals surface area contributed by atoms with Gasteiger partial charge < -0.3 is 24.3 Å². The standard InChI is InChI=1S/C21H21NO6/c1-25-17-6-3-2-5-15(17)7-10-21(24)28-14-20(23)22-16-8-9-18-19(13-16)27-12-4-11-26-18/h2-3,5-10,13H,4,11-12,14H2,1H3,(H,22,23)/b10-7+. The first-order chi connectivity index (χ1) is 13.7. The molecule has 2 aromatic carbocycles. The smallest absolute Gasteiger partial charge is 0.331 e. The van der Waals surface area contributed by atoms with Gasteiger partial charge in [-0.2, -0.15) is 0 Å². The highest BCUT2D eigenvalue weighted by atomic mass is 16.5. The molecule has 0 fully saturated rings. The lowest BCUT2D eigenvalue weighted by atomic mass is 10.2.